The van der Waals surface area contributed by atoms with Gasteiger partial charge in [0.25, 0.3) is 5.91 Å². The summed E-state index contributed by atoms with van der Waals surface area (Å²) in [4.78, 5) is 19.6. The zero-order chi connectivity index (χ0) is 14.7. The number of carbonyl (C=O) groups is 1. The molecule has 0 spiro atoms. The van der Waals surface area contributed by atoms with Gasteiger partial charge in [0.2, 0.25) is 0 Å². The highest BCUT2D eigenvalue weighted by Gasteiger charge is 2.13. The van der Waals surface area contributed by atoms with Crippen LogP contribution in [0.5, 0.6) is 0 Å². The number of aromatic nitrogens is 1. The molecule has 110 valence electrons. The van der Waals surface area contributed by atoms with Crippen molar-refractivity contribution in [1.29, 1.82) is 0 Å². The SMILES string of the molecule is Cc1ccsc1C(=O)NCc1ccc(N2CCCC2)nc1. The molecule has 2 aromatic rings. The highest BCUT2D eigenvalue weighted by molar-refractivity contribution is 7.12. The van der Waals surface area contributed by atoms with Gasteiger partial charge in [0.1, 0.15) is 5.82 Å². The summed E-state index contributed by atoms with van der Waals surface area (Å²) in [5.74, 6) is 1.03. The van der Waals surface area contributed by atoms with Gasteiger partial charge in [0.15, 0.2) is 0 Å². The molecule has 2 aromatic heterocycles. The number of aryl methyl sites for hydroxylation is 1. The predicted molar refractivity (Wildman–Crippen MR) is 85.9 cm³/mol. The summed E-state index contributed by atoms with van der Waals surface area (Å²) in [6.45, 7) is 4.67. The van der Waals surface area contributed by atoms with Crippen LogP contribution in [-0.4, -0.2) is 24.0 Å². The normalized spacial score (nSPS) is 14.4. The Morgan fingerprint density at radius 3 is 2.76 bits per heavy atom. The lowest BCUT2D eigenvalue weighted by Gasteiger charge is -2.16. The van der Waals surface area contributed by atoms with Crippen molar-refractivity contribution in [3.8, 4) is 0 Å². The number of nitrogens with zero attached hydrogens (tertiary/aromatic N) is 2. The first-order valence-electron chi connectivity index (χ1n) is 7.26. The molecule has 1 aliphatic rings. The van der Waals surface area contributed by atoms with E-state index in [2.05, 4.69) is 15.2 Å². The van der Waals surface area contributed by atoms with Crippen LogP contribution in [-0.2, 0) is 6.54 Å². The molecule has 0 unspecified atom stereocenters. The lowest BCUT2D eigenvalue weighted by atomic mass is 10.2. The zero-order valence-corrected chi connectivity index (χ0v) is 12.9. The molecule has 1 saturated heterocycles. The summed E-state index contributed by atoms with van der Waals surface area (Å²) in [6, 6.07) is 6.05. The van der Waals surface area contributed by atoms with Crippen molar-refractivity contribution in [2.75, 3.05) is 18.0 Å². The molecule has 0 atom stereocenters. The number of carbonyl (C=O) groups excluding carboxylic acids is 1. The number of hydrogen-bond donors (Lipinski definition) is 1. The quantitative estimate of drug-likeness (QED) is 0.944. The Balaban J connectivity index is 1.58. The standard InChI is InChI=1S/C16H19N3OS/c1-12-6-9-21-15(12)16(20)18-11-13-4-5-14(17-10-13)19-7-2-3-8-19/h4-6,9-10H,2-3,7-8,11H2,1H3,(H,18,20). The number of rotatable bonds is 4. The number of hydrogen-bond acceptors (Lipinski definition) is 4. The number of thiophene rings is 1. The molecule has 3 heterocycles. The second-order valence-electron chi connectivity index (χ2n) is 5.33. The Morgan fingerprint density at radius 1 is 1.33 bits per heavy atom. The van der Waals surface area contributed by atoms with Crippen LogP contribution in [0.4, 0.5) is 5.82 Å². The van der Waals surface area contributed by atoms with E-state index in [9.17, 15) is 4.79 Å². The van der Waals surface area contributed by atoms with Crippen LogP contribution in [0.25, 0.3) is 0 Å². The number of pyridine rings is 1. The predicted octanol–water partition coefficient (Wildman–Crippen LogP) is 2.98. The van der Waals surface area contributed by atoms with Crippen LogP contribution in [0.3, 0.4) is 0 Å². The second-order valence-corrected chi connectivity index (χ2v) is 6.25. The summed E-state index contributed by atoms with van der Waals surface area (Å²) < 4.78 is 0. The van der Waals surface area contributed by atoms with Crippen LogP contribution >= 0.6 is 11.3 Å². The summed E-state index contributed by atoms with van der Waals surface area (Å²) in [5.41, 5.74) is 2.06. The van der Waals surface area contributed by atoms with Crippen molar-refractivity contribution in [2.45, 2.75) is 26.3 Å². The van der Waals surface area contributed by atoms with Crippen molar-refractivity contribution in [3.63, 3.8) is 0 Å². The second kappa shape index (κ2) is 6.26. The Labute approximate surface area is 128 Å². The Bertz CT molecular complexity index is 615. The number of anilines is 1. The topological polar surface area (TPSA) is 45.2 Å². The lowest BCUT2D eigenvalue weighted by molar-refractivity contribution is 0.0954. The summed E-state index contributed by atoms with van der Waals surface area (Å²) >= 11 is 1.48. The van der Waals surface area contributed by atoms with E-state index >= 15 is 0 Å². The molecule has 1 aliphatic heterocycles. The largest absolute Gasteiger partial charge is 0.357 e. The molecule has 1 N–H and O–H groups in total. The minimum Gasteiger partial charge on any atom is -0.357 e. The zero-order valence-electron chi connectivity index (χ0n) is 12.1. The van der Waals surface area contributed by atoms with Gasteiger partial charge >= 0.3 is 0 Å². The van der Waals surface area contributed by atoms with Gasteiger partial charge in [0.05, 0.1) is 4.88 Å². The van der Waals surface area contributed by atoms with Crippen LogP contribution in [0.2, 0.25) is 0 Å². The first-order chi connectivity index (χ1) is 10.2. The maximum absolute atomic E-state index is 12.0. The smallest absolute Gasteiger partial charge is 0.261 e. The van der Waals surface area contributed by atoms with Crippen LogP contribution in [0.15, 0.2) is 29.8 Å². The third-order valence-electron chi connectivity index (χ3n) is 3.76. The minimum absolute atomic E-state index is 0.00822. The Morgan fingerprint density at radius 2 is 2.14 bits per heavy atom. The first kappa shape index (κ1) is 14.1. The fourth-order valence-electron chi connectivity index (χ4n) is 2.52. The molecule has 0 bridgehead atoms. The highest BCUT2D eigenvalue weighted by Crippen LogP contribution is 2.18. The fraction of sp³-hybridized carbons (Fsp3) is 0.375. The van der Waals surface area contributed by atoms with Crippen molar-refractivity contribution < 1.29 is 4.79 Å². The van der Waals surface area contributed by atoms with Crippen LogP contribution < -0.4 is 10.2 Å². The highest BCUT2D eigenvalue weighted by atomic mass is 32.1. The van der Waals surface area contributed by atoms with E-state index < -0.39 is 0 Å². The Kier molecular flexibility index (Phi) is 4.20. The van der Waals surface area contributed by atoms with Gasteiger partial charge in [-0.1, -0.05) is 6.07 Å². The van der Waals surface area contributed by atoms with Gasteiger partial charge in [0, 0.05) is 25.8 Å². The fourth-order valence-corrected chi connectivity index (χ4v) is 3.36. The average molecular weight is 301 g/mol. The van der Waals surface area contributed by atoms with Crippen molar-refractivity contribution >= 4 is 23.1 Å². The molecule has 0 saturated carbocycles. The van der Waals surface area contributed by atoms with Crippen LogP contribution in [0, 0.1) is 6.92 Å². The van der Waals surface area contributed by atoms with Crippen LogP contribution in [0.1, 0.15) is 33.6 Å². The van der Waals surface area contributed by atoms with E-state index in [0.717, 1.165) is 34.9 Å². The summed E-state index contributed by atoms with van der Waals surface area (Å²) in [6.07, 6.45) is 4.36. The summed E-state index contributed by atoms with van der Waals surface area (Å²) in [7, 11) is 0. The monoisotopic (exact) mass is 301 g/mol. The third-order valence-corrected chi connectivity index (χ3v) is 4.78. The van der Waals surface area contributed by atoms with Crippen molar-refractivity contribution in [3.05, 3.63) is 45.8 Å². The van der Waals surface area contributed by atoms with Gasteiger partial charge in [-0.2, -0.15) is 0 Å². The molecule has 3 rings (SSSR count). The van der Waals surface area contributed by atoms with Gasteiger partial charge in [-0.05, 0) is 48.4 Å². The van der Waals surface area contributed by atoms with Crippen molar-refractivity contribution in [1.82, 2.24) is 10.3 Å². The summed E-state index contributed by atoms with van der Waals surface area (Å²) in [5, 5.41) is 4.89. The first-order valence-corrected chi connectivity index (χ1v) is 8.14. The van der Waals surface area contributed by atoms with Gasteiger partial charge in [-0.15, -0.1) is 11.3 Å². The molecule has 0 radical (unpaired) electrons. The van der Waals surface area contributed by atoms with E-state index in [1.54, 1.807) is 0 Å². The number of nitrogens with one attached hydrogen (secondary N) is 1. The van der Waals surface area contributed by atoms with E-state index in [4.69, 9.17) is 0 Å². The Hall–Kier alpha value is -1.88. The van der Waals surface area contributed by atoms with E-state index in [-0.39, 0.29) is 5.91 Å². The molecule has 5 heteroatoms. The molecule has 1 fully saturated rings. The minimum atomic E-state index is -0.00822. The van der Waals surface area contributed by atoms with E-state index in [1.165, 1.54) is 24.2 Å². The number of amides is 1. The molecule has 0 aliphatic carbocycles. The average Bonchev–Trinajstić information content (AvgIpc) is 3.16. The molecule has 21 heavy (non-hydrogen) atoms. The van der Waals surface area contributed by atoms with E-state index in [0.29, 0.717) is 6.54 Å². The lowest BCUT2D eigenvalue weighted by Crippen LogP contribution is -2.23. The van der Waals surface area contributed by atoms with Gasteiger partial charge in [-0.25, -0.2) is 4.98 Å². The molecular formula is C16H19N3OS. The van der Waals surface area contributed by atoms with Gasteiger partial charge in [-0.3, -0.25) is 4.79 Å². The molecule has 1 amide bonds. The molecule has 0 aromatic carbocycles. The molecular weight excluding hydrogens is 282 g/mol. The van der Waals surface area contributed by atoms with Crippen molar-refractivity contribution in [2.24, 2.45) is 0 Å². The maximum Gasteiger partial charge on any atom is 0.261 e. The maximum atomic E-state index is 12.0. The molecule has 4 nitrogen and oxygen atoms in total. The van der Waals surface area contributed by atoms with E-state index in [1.807, 2.05) is 36.7 Å². The van der Waals surface area contributed by atoms with Gasteiger partial charge < -0.3 is 10.2 Å². The third kappa shape index (κ3) is 3.24.